The Morgan fingerprint density at radius 3 is 2.89 bits per heavy atom. The number of nitrogens with zero attached hydrogens (tertiary/aromatic N) is 4. The van der Waals surface area contributed by atoms with Gasteiger partial charge in [0.1, 0.15) is 0 Å². The molecule has 1 saturated heterocycles. The zero-order valence-corrected chi connectivity index (χ0v) is 15.7. The lowest BCUT2D eigenvalue weighted by Crippen LogP contribution is -2.45. The molecule has 28 heavy (non-hydrogen) atoms. The first-order chi connectivity index (χ1) is 13.7. The minimum absolute atomic E-state index is 0.0164. The van der Waals surface area contributed by atoms with Crippen LogP contribution in [0, 0.1) is 0 Å². The summed E-state index contributed by atoms with van der Waals surface area (Å²) in [5, 5.41) is 9.60. The van der Waals surface area contributed by atoms with Crippen molar-refractivity contribution < 1.29 is 9.90 Å². The van der Waals surface area contributed by atoms with Gasteiger partial charge in [-0.2, -0.15) is 0 Å². The number of piperidine rings is 1. The van der Waals surface area contributed by atoms with E-state index >= 15 is 0 Å². The van der Waals surface area contributed by atoms with Crippen LogP contribution in [0.25, 0.3) is 11.3 Å². The van der Waals surface area contributed by atoms with Crippen molar-refractivity contribution in [2.75, 3.05) is 13.2 Å². The number of benzene rings is 1. The van der Waals surface area contributed by atoms with Crippen molar-refractivity contribution in [3.05, 3.63) is 72.4 Å². The van der Waals surface area contributed by atoms with Crippen LogP contribution in [-0.4, -0.2) is 49.6 Å². The maximum atomic E-state index is 13.0. The molecule has 3 aromatic rings. The van der Waals surface area contributed by atoms with Crippen LogP contribution in [0.1, 0.15) is 35.2 Å². The summed E-state index contributed by atoms with van der Waals surface area (Å²) in [5.41, 5.74) is 3.48. The average Bonchev–Trinajstić information content (AvgIpc) is 3.27. The Bertz CT molecular complexity index is 922. The van der Waals surface area contributed by atoms with Crippen LogP contribution in [-0.2, 0) is 6.54 Å². The Morgan fingerprint density at radius 2 is 2.14 bits per heavy atom. The molecule has 4 rings (SSSR count). The molecule has 0 saturated carbocycles. The Balaban J connectivity index is 1.52. The van der Waals surface area contributed by atoms with Crippen molar-refractivity contribution in [2.24, 2.45) is 0 Å². The first-order valence-corrected chi connectivity index (χ1v) is 9.67. The fraction of sp³-hybridized carbons (Fsp3) is 0.318. The van der Waals surface area contributed by atoms with E-state index in [1.807, 2.05) is 58.3 Å². The van der Waals surface area contributed by atoms with Gasteiger partial charge < -0.3 is 14.6 Å². The Hall–Kier alpha value is -2.99. The van der Waals surface area contributed by atoms with Crippen molar-refractivity contribution in [3.63, 3.8) is 0 Å². The largest absolute Gasteiger partial charge is 0.394 e. The zero-order chi connectivity index (χ0) is 19.3. The second-order valence-corrected chi connectivity index (χ2v) is 7.20. The van der Waals surface area contributed by atoms with Gasteiger partial charge in [-0.1, -0.05) is 18.2 Å². The number of carbonyl (C=O) groups is 1. The predicted molar refractivity (Wildman–Crippen MR) is 107 cm³/mol. The first kappa shape index (κ1) is 18.4. The van der Waals surface area contributed by atoms with Crippen LogP contribution >= 0.6 is 0 Å². The quantitative estimate of drug-likeness (QED) is 0.743. The smallest absolute Gasteiger partial charge is 0.254 e. The lowest BCUT2D eigenvalue weighted by Gasteiger charge is -2.34. The molecule has 1 aromatic carbocycles. The van der Waals surface area contributed by atoms with Gasteiger partial charge in [0.15, 0.2) is 0 Å². The van der Waals surface area contributed by atoms with Crippen molar-refractivity contribution in [3.8, 4) is 11.3 Å². The molecule has 0 spiro atoms. The van der Waals surface area contributed by atoms with Gasteiger partial charge in [0.05, 0.1) is 24.7 Å². The third-order valence-electron chi connectivity index (χ3n) is 5.25. The number of amides is 1. The van der Waals surface area contributed by atoms with E-state index in [0.717, 1.165) is 42.6 Å². The van der Waals surface area contributed by atoms with E-state index in [1.54, 1.807) is 12.5 Å². The number of hydrogen-bond acceptors (Lipinski definition) is 4. The highest BCUT2D eigenvalue weighted by Crippen LogP contribution is 2.23. The van der Waals surface area contributed by atoms with Crippen molar-refractivity contribution >= 4 is 5.91 Å². The highest BCUT2D eigenvalue weighted by Gasteiger charge is 2.27. The number of aliphatic hydroxyl groups is 1. The molecule has 0 aliphatic carbocycles. The summed E-state index contributed by atoms with van der Waals surface area (Å²) in [7, 11) is 0. The minimum atomic E-state index is -0.0782. The monoisotopic (exact) mass is 376 g/mol. The third-order valence-corrected chi connectivity index (χ3v) is 5.25. The molecule has 1 fully saturated rings. The van der Waals surface area contributed by atoms with E-state index in [9.17, 15) is 9.90 Å². The lowest BCUT2D eigenvalue weighted by molar-refractivity contribution is 0.0503. The topological polar surface area (TPSA) is 71.2 Å². The fourth-order valence-corrected chi connectivity index (χ4v) is 3.71. The zero-order valence-electron chi connectivity index (χ0n) is 15.7. The molecular weight excluding hydrogens is 352 g/mol. The normalized spacial score (nSPS) is 16.9. The fourth-order valence-electron chi connectivity index (χ4n) is 3.71. The summed E-state index contributed by atoms with van der Waals surface area (Å²) in [4.78, 5) is 23.4. The first-order valence-electron chi connectivity index (χ1n) is 9.67. The molecule has 6 heteroatoms. The van der Waals surface area contributed by atoms with Gasteiger partial charge in [-0.25, -0.2) is 4.98 Å². The highest BCUT2D eigenvalue weighted by molar-refractivity contribution is 5.95. The number of carbonyl (C=O) groups excluding carboxylic acids is 1. The minimum Gasteiger partial charge on any atom is -0.394 e. The number of hydrogen-bond donors (Lipinski definition) is 1. The Morgan fingerprint density at radius 1 is 1.21 bits per heavy atom. The summed E-state index contributed by atoms with van der Waals surface area (Å²) in [6.45, 7) is 1.45. The SMILES string of the molecule is O=C(c1cccc(-c2ccc(Cn3ccnc3)cn2)c1)N1CCCC[C@@H]1CO. The molecule has 1 amide bonds. The van der Waals surface area contributed by atoms with E-state index < -0.39 is 0 Å². The van der Waals surface area contributed by atoms with Gasteiger partial charge in [0.25, 0.3) is 5.91 Å². The third kappa shape index (κ3) is 3.97. The molecule has 1 aliphatic rings. The Kier molecular flexibility index (Phi) is 5.48. The summed E-state index contributed by atoms with van der Waals surface area (Å²) in [6.07, 6.45) is 10.2. The van der Waals surface area contributed by atoms with E-state index in [2.05, 4.69) is 9.97 Å². The standard InChI is InChI=1S/C22H24N4O2/c27-15-20-6-1-2-10-26(20)22(28)19-5-3-4-18(12-19)21-8-7-17(13-24-21)14-25-11-9-23-16-25/h3-5,7-9,11-13,16,20,27H,1-2,6,10,14-15H2/t20-/m1/s1. The number of likely N-dealkylation sites (tertiary alicyclic amines) is 1. The van der Waals surface area contributed by atoms with Crippen molar-refractivity contribution in [1.82, 2.24) is 19.4 Å². The molecule has 2 aromatic heterocycles. The summed E-state index contributed by atoms with van der Waals surface area (Å²) in [6, 6.07) is 11.5. The van der Waals surface area contributed by atoms with Crippen LogP contribution in [0.15, 0.2) is 61.3 Å². The molecule has 0 bridgehead atoms. The summed E-state index contributed by atoms with van der Waals surface area (Å²) >= 11 is 0. The average molecular weight is 376 g/mol. The molecule has 1 atom stereocenters. The van der Waals surface area contributed by atoms with E-state index in [-0.39, 0.29) is 18.6 Å². The lowest BCUT2D eigenvalue weighted by atomic mass is 10.0. The summed E-state index contributed by atoms with van der Waals surface area (Å²) in [5.74, 6) is -0.0164. The van der Waals surface area contributed by atoms with Gasteiger partial charge >= 0.3 is 0 Å². The maximum absolute atomic E-state index is 13.0. The second kappa shape index (κ2) is 8.35. The number of aliphatic hydroxyl groups excluding tert-OH is 1. The molecule has 3 heterocycles. The maximum Gasteiger partial charge on any atom is 0.254 e. The molecule has 1 N–H and O–H groups in total. The molecule has 1 aliphatic heterocycles. The van der Waals surface area contributed by atoms with Gasteiger partial charge in [-0.15, -0.1) is 0 Å². The number of imidazole rings is 1. The van der Waals surface area contributed by atoms with Crippen LogP contribution in [0.2, 0.25) is 0 Å². The summed E-state index contributed by atoms with van der Waals surface area (Å²) < 4.78 is 1.99. The van der Waals surface area contributed by atoms with E-state index in [0.29, 0.717) is 12.1 Å². The highest BCUT2D eigenvalue weighted by atomic mass is 16.3. The predicted octanol–water partition coefficient (Wildman–Crippen LogP) is 2.98. The molecule has 0 radical (unpaired) electrons. The van der Waals surface area contributed by atoms with E-state index in [1.165, 1.54) is 0 Å². The van der Waals surface area contributed by atoms with Crippen molar-refractivity contribution in [2.45, 2.75) is 31.8 Å². The van der Waals surface area contributed by atoms with Crippen LogP contribution in [0.3, 0.4) is 0 Å². The van der Waals surface area contributed by atoms with Crippen molar-refractivity contribution in [1.29, 1.82) is 0 Å². The molecule has 6 nitrogen and oxygen atoms in total. The molecular formula is C22H24N4O2. The van der Waals surface area contributed by atoms with E-state index in [4.69, 9.17) is 0 Å². The molecule has 144 valence electrons. The number of rotatable bonds is 5. The van der Waals surface area contributed by atoms with Crippen LogP contribution in [0.4, 0.5) is 0 Å². The van der Waals surface area contributed by atoms with Gasteiger partial charge in [-0.3, -0.25) is 9.78 Å². The molecule has 0 unspecified atom stereocenters. The Labute approximate surface area is 164 Å². The van der Waals surface area contributed by atoms with Gasteiger partial charge in [-0.05, 0) is 43.0 Å². The number of pyridine rings is 1. The number of aromatic nitrogens is 3. The van der Waals surface area contributed by atoms with Gasteiger partial charge in [0, 0.05) is 42.8 Å². The second-order valence-electron chi connectivity index (χ2n) is 7.20. The van der Waals surface area contributed by atoms with Gasteiger partial charge in [0.2, 0.25) is 0 Å². The van der Waals surface area contributed by atoms with Crippen LogP contribution in [0.5, 0.6) is 0 Å². The van der Waals surface area contributed by atoms with Crippen LogP contribution < -0.4 is 0 Å².